The molecular formula is C13H22ClN3O2. The Morgan fingerprint density at radius 2 is 2.00 bits per heavy atom. The molecule has 0 fully saturated rings. The molecule has 5 nitrogen and oxygen atoms in total. The Bertz CT molecular complexity index is 407. The van der Waals surface area contributed by atoms with Gasteiger partial charge in [0.05, 0.1) is 13.2 Å². The summed E-state index contributed by atoms with van der Waals surface area (Å²) >= 11 is 6.06. The molecule has 0 aliphatic carbocycles. The standard InChI is InChI=1S/C13H22ClN3O2/c1-13(2,3)12-15-10(14)9-11(16-12)17(5-7-18)6-8-19-4/h9,18H,5-8H2,1-4H3. The summed E-state index contributed by atoms with van der Waals surface area (Å²) < 4.78 is 5.07. The van der Waals surface area contributed by atoms with Crippen LogP contribution in [0, 0.1) is 0 Å². The van der Waals surface area contributed by atoms with Gasteiger partial charge >= 0.3 is 0 Å². The Morgan fingerprint density at radius 3 is 2.53 bits per heavy atom. The van der Waals surface area contributed by atoms with Gasteiger partial charge in [-0.2, -0.15) is 0 Å². The molecule has 1 N–H and O–H groups in total. The molecule has 1 aromatic rings. The highest BCUT2D eigenvalue weighted by Gasteiger charge is 2.20. The molecule has 0 saturated carbocycles. The number of aliphatic hydroxyl groups excluding tert-OH is 1. The van der Waals surface area contributed by atoms with Crippen molar-refractivity contribution in [3.05, 3.63) is 17.0 Å². The lowest BCUT2D eigenvalue weighted by Gasteiger charge is -2.25. The fraction of sp³-hybridized carbons (Fsp3) is 0.692. The van der Waals surface area contributed by atoms with Gasteiger partial charge in [-0.1, -0.05) is 32.4 Å². The monoisotopic (exact) mass is 287 g/mol. The Hall–Kier alpha value is -0.910. The van der Waals surface area contributed by atoms with Crippen LogP contribution in [0.5, 0.6) is 0 Å². The Labute approximate surface area is 119 Å². The van der Waals surface area contributed by atoms with Gasteiger partial charge < -0.3 is 14.7 Å². The molecule has 0 aromatic carbocycles. The highest BCUT2D eigenvalue weighted by molar-refractivity contribution is 6.29. The first-order valence-corrected chi connectivity index (χ1v) is 6.66. The number of aromatic nitrogens is 2. The van der Waals surface area contributed by atoms with Gasteiger partial charge in [0.2, 0.25) is 0 Å². The summed E-state index contributed by atoms with van der Waals surface area (Å²) in [6.07, 6.45) is 0. The van der Waals surface area contributed by atoms with Crippen molar-refractivity contribution in [1.29, 1.82) is 0 Å². The van der Waals surface area contributed by atoms with Gasteiger partial charge in [0.25, 0.3) is 0 Å². The van der Waals surface area contributed by atoms with Gasteiger partial charge in [0, 0.05) is 31.7 Å². The smallest absolute Gasteiger partial charge is 0.137 e. The molecule has 0 amide bonds. The van der Waals surface area contributed by atoms with Crippen LogP contribution < -0.4 is 4.90 Å². The van der Waals surface area contributed by atoms with Crippen LogP contribution in [-0.2, 0) is 10.2 Å². The van der Waals surface area contributed by atoms with E-state index in [1.165, 1.54) is 0 Å². The first kappa shape index (κ1) is 16.1. The summed E-state index contributed by atoms with van der Waals surface area (Å²) in [6.45, 7) is 7.85. The average molecular weight is 288 g/mol. The Balaban J connectivity index is 3.05. The van der Waals surface area contributed by atoms with Gasteiger partial charge in [-0.15, -0.1) is 0 Å². The largest absolute Gasteiger partial charge is 0.395 e. The number of rotatable bonds is 6. The van der Waals surface area contributed by atoms with Crippen molar-refractivity contribution in [3.63, 3.8) is 0 Å². The lowest BCUT2D eigenvalue weighted by atomic mass is 9.96. The molecule has 0 atom stereocenters. The molecule has 0 unspecified atom stereocenters. The molecule has 108 valence electrons. The molecule has 1 aromatic heterocycles. The zero-order chi connectivity index (χ0) is 14.5. The van der Waals surface area contributed by atoms with Crippen LogP contribution in [0.3, 0.4) is 0 Å². The SMILES string of the molecule is COCCN(CCO)c1cc(Cl)nc(C(C)(C)C)n1. The van der Waals surface area contributed by atoms with Crippen molar-refractivity contribution < 1.29 is 9.84 Å². The van der Waals surface area contributed by atoms with E-state index < -0.39 is 0 Å². The third-order valence-electron chi connectivity index (χ3n) is 2.61. The van der Waals surface area contributed by atoms with Crippen molar-refractivity contribution in [2.45, 2.75) is 26.2 Å². The van der Waals surface area contributed by atoms with E-state index in [9.17, 15) is 0 Å². The van der Waals surface area contributed by atoms with E-state index in [4.69, 9.17) is 21.4 Å². The van der Waals surface area contributed by atoms with Gasteiger partial charge in [-0.05, 0) is 0 Å². The minimum Gasteiger partial charge on any atom is -0.395 e. The molecule has 0 spiro atoms. The fourth-order valence-electron chi connectivity index (χ4n) is 1.57. The van der Waals surface area contributed by atoms with Gasteiger partial charge in [0.1, 0.15) is 16.8 Å². The first-order chi connectivity index (χ1) is 8.88. The van der Waals surface area contributed by atoms with E-state index in [2.05, 4.69) is 9.97 Å². The fourth-order valence-corrected chi connectivity index (χ4v) is 1.74. The van der Waals surface area contributed by atoms with Crippen LogP contribution in [0.15, 0.2) is 6.07 Å². The molecule has 0 bridgehead atoms. The molecule has 0 aliphatic heterocycles. The van der Waals surface area contributed by atoms with Crippen LogP contribution in [0.25, 0.3) is 0 Å². The molecule has 0 radical (unpaired) electrons. The van der Waals surface area contributed by atoms with Crippen LogP contribution in [0.2, 0.25) is 5.15 Å². The third kappa shape index (κ3) is 4.93. The summed E-state index contributed by atoms with van der Waals surface area (Å²) in [5.41, 5.74) is -0.175. The summed E-state index contributed by atoms with van der Waals surface area (Å²) in [5, 5.41) is 9.55. The van der Waals surface area contributed by atoms with Crippen molar-refractivity contribution in [2.75, 3.05) is 38.3 Å². The summed E-state index contributed by atoms with van der Waals surface area (Å²) in [4.78, 5) is 10.7. The van der Waals surface area contributed by atoms with Crippen LogP contribution in [-0.4, -0.2) is 48.5 Å². The van der Waals surface area contributed by atoms with Crippen LogP contribution >= 0.6 is 11.6 Å². The molecule has 1 rings (SSSR count). The topological polar surface area (TPSA) is 58.5 Å². The second kappa shape index (κ2) is 7.03. The number of anilines is 1. The Kier molecular flexibility index (Phi) is 5.97. The third-order valence-corrected chi connectivity index (χ3v) is 2.81. The second-order valence-corrected chi connectivity index (χ2v) is 5.71. The summed E-state index contributed by atoms with van der Waals surface area (Å²) in [6, 6.07) is 1.71. The number of halogens is 1. The normalized spacial score (nSPS) is 11.7. The lowest BCUT2D eigenvalue weighted by Crippen LogP contribution is -2.32. The summed E-state index contributed by atoms with van der Waals surface area (Å²) in [7, 11) is 1.64. The highest BCUT2D eigenvalue weighted by Crippen LogP contribution is 2.23. The van der Waals surface area contributed by atoms with Crippen molar-refractivity contribution in [3.8, 4) is 0 Å². The van der Waals surface area contributed by atoms with Crippen LogP contribution in [0.4, 0.5) is 5.82 Å². The number of hydrogen-bond acceptors (Lipinski definition) is 5. The van der Waals surface area contributed by atoms with E-state index in [0.717, 1.165) is 5.82 Å². The van der Waals surface area contributed by atoms with Gasteiger partial charge in [-0.3, -0.25) is 0 Å². The van der Waals surface area contributed by atoms with Gasteiger partial charge in [0.15, 0.2) is 0 Å². The zero-order valence-electron chi connectivity index (χ0n) is 12.0. The zero-order valence-corrected chi connectivity index (χ0v) is 12.7. The van der Waals surface area contributed by atoms with E-state index in [1.54, 1.807) is 13.2 Å². The molecule has 0 saturated heterocycles. The summed E-state index contributed by atoms with van der Waals surface area (Å²) in [5.74, 6) is 1.41. The second-order valence-electron chi connectivity index (χ2n) is 5.33. The van der Waals surface area contributed by atoms with E-state index in [-0.39, 0.29) is 12.0 Å². The van der Waals surface area contributed by atoms with E-state index >= 15 is 0 Å². The first-order valence-electron chi connectivity index (χ1n) is 6.28. The quantitative estimate of drug-likeness (QED) is 0.810. The molecule has 1 heterocycles. The number of hydrogen-bond donors (Lipinski definition) is 1. The average Bonchev–Trinajstić information content (AvgIpc) is 2.32. The number of aliphatic hydroxyl groups is 1. The predicted octanol–water partition coefficient (Wildman–Crippen LogP) is 1.87. The van der Waals surface area contributed by atoms with E-state index in [0.29, 0.717) is 30.7 Å². The maximum Gasteiger partial charge on any atom is 0.137 e. The molecule has 0 aliphatic rings. The van der Waals surface area contributed by atoms with Crippen molar-refractivity contribution in [1.82, 2.24) is 9.97 Å². The lowest BCUT2D eigenvalue weighted by molar-refractivity contribution is 0.202. The maximum atomic E-state index is 9.14. The minimum absolute atomic E-state index is 0.0518. The minimum atomic E-state index is -0.175. The number of methoxy groups -OCH3 is 1. The predicted molar refractivity (Wildman–Crippen MR) is 76.9 cm³/mol. The van der Waals surface area contributed by atoms with Crippen molar-refractivity contribution in [2.24, 2.45) is 0 Å². The molecular weight excluding hydrogens is 266 g/mol. The van der Waals surface area contributed by atoms with Gasteiger partial charge in [-0.25, -0.2) is 9.97 Å². The van der Waals surface area contributed by atoms with E-state index in [1.807, 2.05) is 25.7 Å². The number of nitrogens with zero attached hydrogens (tertiary/aromatic N) is 3. The molecule has 19 heavy (non-hydrogen) atoms. The Morgan fingerprint density at radius 1 is 1.32 bits per heavy atom. The maximum absolute atomic E-state index is 9.14. The highest BCUT2D eigenvalue weighted by atomic mass is 35.5. The molecule has 6 heteroatoms. The van der Waals surface area contributed by atoms with Crippen LogP contribution in [0.1, 0.15) is 26.6 Å². The van der Waals surface area contributed by atoms with Crippen molar-refractivity contribution >= 4 is 17.4 Å². The number of ether oxygens (including phenoxy) is 1.